The van der Waals surface area contributed by atoms with E-state index in [1.54, 1.807) is 0 Å². The number of aliphatic hydroxyl groups is 1. The van der Waals surface area contributed by atoms with Crippen molar-refractivity contribution in [3.63, 3.8) is 0 Å². The van der Waals surface area contributed by atoms with Crippen LogP contribution in [-0.4, -0.2) is 60.8 Å². The van der Waals surface area contributed by atoms with Crippen LogP contribution in [0, 0.1) is 5.92 Å². The van der Waals surface area contributed by atoms with E-state index in [4.69, 9.17) is 4.99 Å². The molecule has 0 aromatic heterocycles. The number of nitrogens with zero attached hydrogens (tertiary/aromatic N) is 2. The van der Waals surface area contributed by atoms with E-state index in [1.807, 2.05) is 0 Å². The first-order valence-corrected chi connectivity index (χ1v) is 9.66. The van der Waals surface area contributed by atoms with Gasteiger partial charge in [0.25, 0.3) is 0 Å². The summed E-state index contributed by atoms with van der Waals surface area (Å²) in [6.07, 6.45) is 7.62. The Labute approximate surface area is 165 Å². The zero-order chi connectivity index (χ0) is 16.5. The van der Waals surface area contributed by atoms with Gasteiger partial charge in [-0.2, -0.15) is 0 Å². The van der Waals surface area contributed by atoms with Crippen molar-refractivity contribution in [1.82, 2.24) is 15.5 Å². The number of nitrogens with one attached hydrogen (secondary N) is 2. The predicted octanol–water partition coefficient (Wildman–Crippen LogP) is 2.59. The largest absolute Gasteiger partial charge is 0.393 e. The number of hydrogen-bond acceptors (Lipinski definition) is 3. The van der Waals surface area contributed by atoms with Gasteiger partial charge in [0.2, 0.25) is 0 Å². The second-order valence-electron chi connectivity index (χ2n) is 7.15. The normalized spacial score (nSPS) is 26.7. The van der Waals surface area contributed by atoms with Gasteiger partial charge >= 0.3 is 0 Å². The summed E-state index contributed by atoms with van der Waals surface area (Å²) in [4.78, 5) is 7.42. The van der Waals surface area contributed by atoms with Crippen molar-refractivity contribution < 1.29 is 5.11 Å². The summed E-state index contributed by atoms with van der Waals surface area (Å²) < 4.78 is 0. The maximum atomic E-state index is 9.62. The van der Waals surface area contributed by atoms with Crippen LogP contribution in [-0.2, 0) is 0 Å². The van der Waals surface area contributed by atoms with Crippen LogP contribution < -0.4 is 10.6 Å². The number of aliphatic hydroxyl groups excluding tert-OH is 1. The first-order chi connectivity index (χ1) is 11.2. The molecule has 0 radical (unpaired) electrons. The molecule has 0 aromatic carbocycles. The van der Waals surface area contributed by atoms with Gasteiger partial charge < -0.3 is 20.6 Å². The van der Waals surface area contributed by atoms with Gasteiger partial charge in [-0.15, -0.1) is 24.0 Å². The molecule has 1 aliphatic heterocycles. The van der Waals surface area contributed by atoms with Gasteiger partial charge in [0.05, 0.1) is 6.10 Å². The minimum Gasteiger partial charge on any atom is -0.393 e. The van der Waals surface area contributed by atoms with Crippen LogP contribution in [0.5, 0.6) is 0 Å². The molecule has 1 saturated carbocycles. The van der Waals surface area contributed by atoms with Crippen molar-refractivity contribution in [2.45, 2.75) is 70.9 Å². The summed E-state index contributed by atoms with van der Waals surface area (Å²) in [5.74, 6) is 1.69. The highest BCUT2D eigenvalue weighted by atomic mass is 127. The molecule has 0 atom stereocenters. The van der Waals surface area contributed by atoms with E-state index < -0.39 is 0 Å². The second kappa shape index (κ2) is 12.3. The van der Waals surface area contributed by atoms with Crippen LogP contribution in [0.25, 0.3) is 0 Å². The van der Waals surface area contributed by atoms with E-state index in [1.165, 1.54) is 38.9 Å². The molecule has 2 fully saturated rings. The molecule has 1 heterocycles. The van der Waals surface area contributed by atoms with Crippen molar-refractivity contribution in [1.29, 1.82) is 0 Å². The lowest BCUT2D eigenvalue weighted by Gasteiger charge is -2.31. The van der Waals surface area contributed by atoms with Crippen LogP contribution in [0.1, 0.15) is 58.8 Å². The molecule has 24 heavy (non-hydrogen) atoms. The summed E-state index contributed by atoms with van der Waals surface area (Å²) in [5, 5.41) is 16.6. The third kappa shape index (κ3) is 7.87. The highest BCUT2D eigenvalue weighted by Crippen LogP contribution is 2.19. The third-order valence-electron chi connectivity index (χ3n) is 5.14. The van der Waals surface area contributed by atoms with E-state index in [0.29, 0.717) is 6.04 Å². The zero-order valence-electron chi connectivity index (χ0n) is 15.5. The van der Waals surface area contributed by atoms with Gasteiger partial charge in [-0.1, -0.05) is 6.92 Å². The summed E-state index contributed by atoms with van der Waals surface area (Å²) in [6.45, 7) is 9.92. The molecule has 1 saturated heterocycles. The van der Waals surface area contributed by atoms with E-state index in [2.05, 4.69) is 29.4 Å². The van der Waals surface area contributed by atoms with E-state index in [0.717, 1.165) is 50.7 Å². The highest BCUT2D eigenvalue weighted by molar-refractivity contribution is 14.0. The fourth-order valence-corrected chi connectivity index (χ4v) is 3.66. The molecular formula is C18H37IN4O. The fourth-order valence-electron chi connectivity index (χ4n) is 3.66. The van der Waals surface area contributed by atoms with Crippen molar-refractivity contribution in [3.05, 3.63) is 0 Å². The van der Waals surface area contributed by atoms with Crippen LogP contribution >= 0.6 is 24.0 Å². The average molecular weight is 452 g/mol. The summed E-state index contributed by atoms with van der Waals surface area (Å²) in [7, 11) is 0. The standard InChI is InChI=1S/C18H36N4O.HI/c1-3-11-22-12-9-15(10-13-22)14-20-18(19-4-2)21-16-5-7-17(23)8-6-16;/h15-17,23H,3-14H2,1-2H3,(H2,19,20,21);1H. The van der Waals surface area contributed by atoms with Gasteiger partial charge in [0, 0.05) is 19.1 Å². The van der Waals surface area contributed by atoms with Gasteiger partial charge in [0.15, 0.2) is 5.96 Å². The Morgan fingerprint density at radius 2 is 1.75 bits per heavy atom. The minimum atomic E-state index is -0.0964. The third-order valence-corrected chi connectivity index (χ3v) is 5.14. The molecule has 1 aliphatic carbocycles. The summed E-state index contributed by atoms with van der Waals surface area (Å²) in [5.41, 5.74) is 0. The highest BCUT2D eigenvalue weighted by Gasteiger charge is 2.21. The van der Waals surface area contributed by atoms with E-state index >= 15 is 0 Å². The Hall–Kier alpha value is -0.0800. The summed E-state index contributed by atoms with van der Waals surface area (Å²) in [6, 6.07) is 0.461. The number of halogens is 1. The van der Waals surface area contributed by atoms with Gasteiger partial charge in [-0.25, -0.2) is 0 Å². The Balaban J connectivity index is 0.00000288. The van der Waals surface area contributed by atoms with Crippen molar-refractivity contribution in [2.75, 3.05) is 32.7 Å². The van der Waals surface area contributed by atoms with Gasteiger partial charge in [-0.05, 0) is 77.4 Å². The first-order valence-electron chi connectivity index (χ1n) is 9.66. The molecule has 0 amide bonds. The van der Waals surface area contributed by atoms with Gasteiger partial charge in [-0.3, -0.25) is 4.99 Å². The van der Waals surface area contributed by atoms with Crippen LogP contribution in [0.2, 0.25) is 0 Å². The monoisotopic (exact) mass is 452 g/mol. The summed E-state index contributed by atoms with van der Waals surface area (Å²) >= 11 is 0. The number of piperidine rings is 1. The van der Waals surface area contributed by atoms with Crippen molar-refractivity contribution in [3.8, 4) is 0 Å². The van der Waals surface area contributed by atoms with E-state index in [9.17, 15) is 5.11 Å². The molecule has 0 bridgehead atoms. The molecule has 2 aliphatic rings. The Bertz CT molecular complexity index is 351. The number of hydrogen-bond donors (Lipinski definition) is 3. The molecule has 6 heteroatoms. The topological polar surface area (TPSA) is 59.9 Å². The molecule has 2 rings (SSSR count). The predicted molar refractivity (Wildman–Crippen MR) is 112 cm³/mol. The molecule has 0 aromatic rings. The molecule has 3 N–H and O–H groups in total. The lowest BCUT2D eigenvalue weighted by molar-refractivity contribution is 0.120. The lowest BCUT2D eigenvalue weighted by Crippen LogP contribution is -2.45. The quantitative estimate of drug-likeness (QED) is 0.330. The van der Waals surface area contributed by atoms with Crippen LogP contribution in [0.4, 0.5) is 0 Å². The fraction of sp³-hybridized carbons (Fsp3) is 0.944. The Morgan fingerprint density at radius 3 is 2.33 bits per heavy atom. The number of guanidine groups is 1. The number of rotatable bonds is 6. The molecule has 0 spiro atoms. The first kappa shape index (κ1) is 22.0. The lowest BCUT2D eigenvalue weighted by atomic mass is 9.93. The minimum absolute atomic E-state index is 0. The smallest absolute Gasteiger partial charge is 0.191 e. The Kier molecular flexibility index (Phi) is 11.3. The number of aliphatic imine (C=N–C) groups is 1. The van der Waals surface area contributed by atoms with Gasteiger partial charge in [0.1, 0.15) is 0 Å². The van der Waals surface area contributed by atoms with Crippen LogP contribution in [0.3, 0.4) is 0 Å². The van der Waals surface area contributed by atoms with Crippen LogP contribution in [0.15, 0.2) is 4.99 Å². The maximum Gasteiger partial charge on any atom is 0.191 e. The zero-order valence-corrected chi connectivity index (χ0v) is 17.8. The molecule has 0 unspecified atom stereocenters. The molecule has 5 nitrogen and oxygen atoms in total. The number of likely N-dealkylation sites (tertiary alicyclic amines) is 1. The molecule has 142 valence electrons. The Morgan fingerprint density at radius 1 is 1.08 bits per heavy atom. The SMILES string of the molecule is CCCN1CCC(CN=C(NCC)NC2CCC(O)CC2)CC1.I. The van der Waals surface area contributed by atoms with Crippen molar-refractivity contribution in [2.24, 2.45) is 10.9 Å². The van der Waals surface area contributed by atoms with Crippen molar-refractivity contribution >= 4 is 29.9 Å². The molecular weight excluding hydrogens is 415 g/mol. The second-order valence-corrected chi connectivity index (χ2v) is 7.15. The van der Waals surface area contributed by atoms with E-state index in [-0.39, 0.29) is 30.1 Å². The maximum absolute atomic E-state index is 9.62. The average Bonchev–Trinajstić information content (AvgIpc) is 2.56.